The van der Waals surface area contributed by atoms with Gasteiger partial charge < -0.3 is 0 Å². The smallest absolute Gasteiger partial charge is 0.287 e. The van der Waals surface area contributed by atoms with Crippen LogP contribution in [0.1, 0.15) is 82.5 Å². The molecule has 46 heavy (non-hydrogen) atoms. The number of carbonyl (C=O) groups is 3. The van der Waals surface area contributed by atoms with Gasteiger partial charge in [-0.25, -0.2) is 0 Å². The molecular weight excluding hydrogens is 617 g/mol. The lowest BCUT2D eigenvalue weighted by Crippen LogP contribution is -2.12. The zero-order valence-corrected chi connectivity index (χ0v) is 27.5. The Hall–Kier alpha value is -4.47. The summed E-state index contributed by atoms with van der Waals surface area (Å²) in [5.41, 5.74) is 5.41. The van der Waals surface area contributed by atoms with Crippen molar-refractivity contribution in [2.45, 2.75) is 72.0 Å². The molecule has 4 aromatic carbocycles. The summed E-state index contributed by atoms with van der Waals surface area (Å²) in [5, 5.41) is 7.52. The molecule has 0 N–H and O–H groups in total. The average molecular weight is 649 g/mol. The summed E-state index contributed by atoms with van der Waals surface area (Å²) >= 11 is 3.22. The molecule has 9 heteroatoms. The first-order valence-electron chi connectivity index (χ1n) is 15.1. The Balaban J connectivity index is 1.04. The van der Waals surface area contributed by atoms with Crippen molar-refractivity contribution < 1.29 is 24.1 Å². The van der Waals surface area contributed by atoms with E-state index in [9.17, 15) is 14.4 Å². The van der Waals surface area contributed by atoms with E-state index in [1.807, 2.05) is 24.3 Å². The van der Waals surface area contributed by atoms with Crippen LogP contribution in [0.15, 0.2) is 115 Å². The topological polar surface area (TPSA) is 94.4 Å². The standard InChI is InChI=1S/C37H32N2O5S2/c1-21(2)23-5-9-27(10-6-23)45-29-13-15-31-25(17-29)19-33(35(31)40)38-43-37(42)44-39-34-20-26-18-30(14-16-32(26)36(34)41)46-28-11-7-24(8-12-28)22(3)4/h5-18,21-22H,19-20H2,1-4H3/b38-33+,39-34+. The molecule has 2 aliphatic rings. The summed E-state index contributed by atoms with van der Waals surface area (Å²) in [4.78, 5) is 51.9. The average Bonchev–Trinajstić information content (AvgIpc) is 3.53. The highest BCUT2D eigenvalue weighted by atomic mass is 32.2. The molecule has 4 aromatic rings. The molecule has 232 valence electrons. The first-order chi connectivity index (χ1) is 22.1. The molecule has 0 radical (unpaired) electrons. The third-order valence-corrected chi connectivity index (χ3v) is 9.90. The van der Waals surface area contributed by atoms with Gasteiger partial charge in [-0.2, -0.15) is 4.79 Å². The number of carbonyl (C=O) groups excluding carboxylic acids is 3. The van der Waals surface area contributed by atoms with Crippen molar-refractivity contribution in [1.82, 2.24) is 0 Å². The van der Waals surface area contributed by atoms with Gasteiger partial charge in [0.15, 0.2) is 0 Å². The fourth-order valence-electron chi connectivity index (χ4n) is 5.30. The van der Waals surface area contributed by atoms with Crippen molar-refractivity contribution in [3.05, 3.63) is 118 Å². The molecule has 2 aliphatic carbocycles. The van der Waals surface area contributed by atoms with Gasteiger partial charge in [0.25, 0.3) is 0 Å². The number of benzene rings is 4. The Morgan fingerprint density at radius 1 is 0.587 bits per heavy atom. The third-order valence-electron chi connectivity index (χ3n) is 7.91. The number of hydrogen-bond donors (Lipinski definition) is 0. The van der Waals surface area contributed by atoms with E-state index in [1.54, 1.807) is 35.7 Å². The highest BCUT2D eigenvalue weighted by molar-refractivity contribution is 7.99. The minimum Gasteiger partial charge on any atom is -0.287 e. The SMILES string of the molecule is CC(C)c1ccc(Sc2ccc3c(c2)C/C(=N\OC(=O)O/N=C2\Cc4cc(Sc5ccc(C(C)C)cc5)ccc4C2=O)C3=O)cc1. The molecule has 0 atom stereocenters. The zero-order valence-electron chi connectivity index (χ0n) is 25.9. The van der Waals surface area contributed by atoms with Crippen molar-refractivity contribution in [3.63, 3.8) is 0 Å². The maximum atomic E-state index is 12.9. The fourth-order valence-corrected chi connectivity index (χ4v) is 7.06. The molecule has 0 spiro atoms. The highest BCUT2D eigenvalue weighted by Crippen LogP contribution is 2.34. The zero-order chi connectivity index (χ0) is 32.4. The van der Waals surface area contributed by atoms with Crippen LogP contribution in [0, 0.1) is 0 Å². The van der Waals surface area contributed by atoms with Crippen LogP contribution in [0.2, 0.25) is 0 Å². The lowest BCUT2D eigenvalue weighted by atomic mass is 10.0. The van der Waals surface area contributed by atoms with E-state index < -0.39 is 6.16 Å². The number of hydrogen-bond acceptors (Lipinski definition) is 9. The second-order valence-electron chi connectivity index (χ2n) is 11.8. The van der Waals surface area contributed by atoms with E-state index in [0.29, 0.717) is 23.0 Å². The van der Waals surface area contributed by atoms with Gasteiger partial charge in [0.2, 0.25) is 11.6 Å². The van der Waals surface area contributed by atoms with Crippen molar-refractivity contribution >= 4 is 52.7 Å². The summed E-state index contributed by atoms with van der Waals surface area (Å²) in [7, 11) is 0. The summed E-state index contributed by atoms with van der Waals surface area (Å²) in [6, 6.07) is 28.1. The summed E-state index contributed by atoms with van der Waals surface area (Å²) < 4.78 is 0. The van der Waals surface area contributed by atoms with Crippen molar-refractivity contribution in [2.75, 3.05) is 0 Å². The molecule has 0 fully saturated rings. The van der Waals surface area contributed by atoms with E-state index in [2.05, 4.69) is 86.5 Å². The number of rotatable bonds is 8. The number of fused-ring (bicyclic) bond motifs is 2. The molecule has 0 saturated heterocycles. The Labute approximate surface area is 276 Å². The van der Waals surface area contributed by atoms with Crippen LogP contribution < -0.4 is 0 Å². The van der Waals surface area contributed by atoms with Crippen LogP contribution in [-0.4, -0.2) is 29.1 Å². The second kappa shape index (κ2) is 13.5. The van der Waals surface area contributed by atoms with Gasteiger partial charge in [-0.15, -0.1) is 0 Å². The lowest BCUT2D eigenvalue weighted by molar-refractivity contribution is 0.0590. The lowest BCUT2D eigenvalue weighted by Gasteiger charge is -2.07. The van der Waals surface area contributed by atoms with Gasteiger partial charge in [0.05, 0.1) is 0 Å². The van der Waals surface area contributed by atoms with E-state index in [0.717, 1.165) is 30.7 Å². The maximum absolute atomic E-state index is 12.9. The highest BCUT2D eigenvalue weighted by Gasteiger charge is 2.29. The van der Waals surface area contributed by atoms with Crippen molar-refractivity contribution in [1.29, 1.82) is 0 Å². The molecule has 0 aromatic heterocycles. The Morgan fingerprint density at radius 3 is 1.33 bits per heavy atom. The predicted molar refractivity (Wildman–Crippen MR) is 181 cm³/mol. The Kier molecular flexibility index (Phi) is 9.24. The molecular formula is C37H32N2O5S2. The Bertz CT molecular complexity index is 1760. The quantitative estimate of drug-likeness (QED) is 0.139. The predicted octanol–water partition coefficient (Wildman–Crippen LogP) is 9.28. The summed E-state index contributed by atoms with van der Waals surface area (Å²) in [5.74, 6) is 0.318. The molecule has 0 amide bonds. The normalized spacial score (nSPS) is 15.6. The largest absolute Gasteiger partial charge is 0.562 e. The van der Waals surface area contributed by atoms with Gasteiger partial charge in [0.1, 0.15) is 11.4 Å². The van der Waals surface area contributed by atoms with Crippen LogP contribution in [0.5, 0.6) is 0 Å². The first-order valence-corrected chi connectivity index (χ1v) is 16.7. The first kappa shape index (κ1) is 31.5. The number of oxime groups is 2. The monoisotopic (exact) mass is 648 g/mol. The van der Waals surface area contributed by atoms with Gasteiger partial charge in [-0.05, 0) is 94.8 Å². The molecule has 7 nitrogen and oxygen atoms in total. The van der Waals surface area contributed by atoms with Crippen molar-refractivity contribution in [3.8, 4) is 0 Å². The van der Waals surface area contributed by atoms with Crippen molar-refractivity contribution in [2.24, 2.45) is 10.3 Å². The van der Waals surface area contributed by atoms with Crippen LogP contribution in [-0.2, 0) is 22.5 Å². The molecule has 0 bridgehead atoms. The number of nitrogens with zero attached hydrogens (tertiary/aromatic N) is 2. The van der Waals surface area contributed by atoms with Crippen LogP contribution in [0.3, 0.4) is 0 Å². The molecule has 0 unspecified atom stereocenters. The van der Waals surface area contributed by atoms with Gasteiger partial charge >= 0.3 is 6.16 Å². The third kappa shape index (κ3) is 7.00. The van der Waals surface area contributed by atoms with E-state index in [4.69, 9.17) is 9.68 Å². The molecule has 6 rings (SSSR count). The van der Waals surface area contributed by atoms with Gasteiger partial charge in [0, 0.05) is 43.6 Å². The van der Waals surface area contributed by atoms with Gasteiger partial charge in [-0.3, -0.25) is 19.3 Å². The van der Waals surface area contributed by atoms with E-state index in [-0.39, 0.29) is 35.8 Å². The van der Waals surface area contributed by atoms with Crippen LogP contribution in [0.4, 0.5) is 4.79 Å². The van der Waals surface area contributed by atoms with Crippen LogP contribution in [0.25, 0.3) is 0 Å². The summed E-state index contributed by atoms with van der Waals surface area (Å²) in [6.07, 6.45) is -0.769. The molecule has 0 aliphatic heterocycles. The van der Waals surface area contributed by atoms with E-state index >= 15 is 0 Å². The van der Waals surface area contributed by atoms with E-state index in [1.165, 1.54) is 11.1 Å². The minimum atomic E-state index is -1.23. The summed E-state index contributed by atoms with van der Waals surface area (Å²) in [6.45, 7) is 8.65. The van der Waals surface area contributed by atoms with Gasteiger partial charge in [-0.1, -0.05) is 85.8 Å². The van der Waals surface area contributed by atoms with Crippen LogP contribution >= 0.6 is 23.5 Å². The maximum Gasteiger partial charge on any atom is 0.562 e. The molecule has 0 heterocycles. The Morgan fingerprint density at radius 2 is 0.957 bits per heavy atom. The minimum absolute atomic E-state index is 0.0938. The molecule has 0 saturated carbocycles. The number of ketones is 2. The fraction of sp³-hybridized carbons (Fsp3) is 0.216. The number of Topliss-reactive ketones (excluding diaryl/α,β-unsaturated/α-hetero) is 2. The second-order valence-corrected chi connectivity index (χ2v) is 14.1.